The van der Waals surface area contributed by atoms with Crippen LogP contribution in [-0.2, 0) is 16.0 Å². The van der Waals surface area contributed by atoms with Gasteiger partial charge in [-0.25, -0.2) is 4.98 Å². The van der Waals surface area contributed by atoms with Crippen molar-refractivity contribution in [1.29, 1.82) is 0 Å². The zero-order valence-corrected chi connectivity index (χ0v) is 10.5. The van der Waals surface area contributed by atoms with Gasteiger partial charge >= 0.3 is 5.97 Å². The molecule has 0 bridgehead atoms. The molecule has 3 rings (SSSR count). The van der Waals surface area contributed by atoms with Crippen LogP contribution < -0.4 is 10.2 Å². The predicted octanol–water partition coefficient (Wildman–Crippen LogP) is 0.194. The minimum Gasteiger partial charge on any atom is -0.481 e. The van der Waals surface area contributed by atoms with Gasteiger partial charge in [0.25, 0.3) is 0 Å². The third-order valence-electron chi connectivity index (χ3n) is 3.31. The van der Waals surface area contributed by atoms with Crippen LogP contribution in [0.4, 0.5) is 5.13 Å². The van der Waals surface area contributed by atoms with E-state index in [0.717, 1.165) is 23.0 Å². The molecule has 0 radical (unpaired) electrons. The van der Waals surface area contributed by atoms with Gasteiger partial charge in [0.15, 0.2) is 5.13 Å². The summed E-state index contributed by atoms with van der Waals surface area (Å²) in [7, 11) is 0. The zero-order chi connectivity index (χ0) is 12.7. The Balaban J connectivity index is 1.85. The second-order valence-electron chi connectivity index (χ2n) is 4.51. The van der Waals surface area contributed by atoms with E-state index in [1.54, 1.807) is 0 Å². The van der Waals surface area contributed by atoms with Crippen LogP contribution in [0.3, 0.4) is 0 Å². The topological polar surface area (TPSA) is 82.5 Å². The number of hydrogen-bond donors (Lipinski definition) is 2. The number of carboxylic acid groups (broad SMARTS) is 1. The first-order valence-corrected chi connectivity index (χ1v) is 6.71. The standard InChI is InChI=1S/C11H13N3O3S/c15-8-5-14(4-3-12-8)11-13-9-6(10(16)17)1-2-7(9)18-11/h6H,1-5H2,(H,12,15)(H,16,17). The van der Waals surface area contributed by atoms with Crippen molar-refractivity contribution >= 4 is 28.3 Å². The van der Waals surface area contributed by atoms with Crippen LogP contribution in [0.25, 0.3) is 0 Å². The SMILES string of the molecule is O=C1CN(c2nc3c(s2)CCC3C(=O)O)CCN1. The third kappa shape index (κ3) is 1.84. The smallest absolute Gasteiger partial charge is 0.312 e. The predicted molar refractivity (Wildman–Crippen MR) is 66.0 cm³/mol. The fraction of sp³-hybridized carbons (Fsp3) is 0.545. The number of carbonyl (C=O) groups excluding carboxylic acids is 1. The van der Waals surface area contributed by atoms with Gasteiger partial charge in [-0.2, -0.15) is 0 Å². The maximum absolute atomic E-state index is 11.3. The number of anilines is 1. The van der Waals surface area contributed by atoms with E-state index in [2.05, 4.69) is 10.3 Å². The highest BCUT2D eigenvalue weighted by Crippen LogP contribution is 2.39. The molecule has 1 unspecified atom stereocenters. The molecule has 1 fully saturated rings. The summed E-state index contributed by atoms with van der Waals surface area (Å²) < 4.78 is 0. The average Bonchev–Trinajstić information content (AvgIpc) is 2.87. The van der Waals surface area contributed by atoms with Gasteiger partial charge in [-0.1, -0.05) is 0 Å². The van der Waals surface area contributed by atoms with Crippen molar-refractivity contribution in [2.45, 2.75) is 18.8 Å². The number of aliphatic carboxylic acids is 1. The molecule has 6 nitrogen and oxygen atoms in total. The van der Waals surface area contributed by atoms with Crippen LogP contribution >= 0.6 is 11.3 Å². The van der Waals surface area contributed by atoms with Crippen molar-refractivity contribution in [2.75, 3.05) is 24.5 Å². The summed E-state index contributed by atoms with van der Waals surface area (Å²) in [5.41, 5.74) is 0.702. The normalized spacial score (nSPS) is 22.8. The lowest BCUT2D eigenvalue weighted by Crippen LogP contribution is -2.47. The van der Waals surface area contributed by atoms with Crippen molar-refractivity contribution < 1.29 is 14.7 Å². The average molecular weight is 267 g/mol. The number of nitrogens with one attached hydrogen (secondary N) is 1. The third-order valence-corrected chi connectivity index (χ3v) is 4.51. The molecule has 1 aromatic heterocycles. The minimum absolute atomic E-state index is 0.00797. The van der Waals surface area contributed by atoms with Crippen LogP contribution in [0.15, 0.2) is 0 Å². The number of amides is 1. The highest BCUT2D eigenvalue weighted by molar-refractivity contribution is 7.15. The van der Waals surface area contributed by atoms with Crippen molar-refractivity contribution in [1.82, 2.24) is 10.3 Å². The van der Waals surface area contributed by atoms with Crippen LogP contribution in [0.5, 0.6) is 0 Å². The Morgan fingerprint density at radius 1 is 1.56 bits per heavy atom. The Morgan fingerprint density at radius 3 is 3.11 bits per heavy atom. The number of carbonyl (C=O) groups is 2. The van der Waals surface area contributed by atoms with E-state index in [4.69, 9.17) is 5.11 Å². The molecular weight excluding hydrogens is 254 g/mol. The Bertz CT molecular complexity index is 514. The molecule has 1 aliphatic heterocycles. The Hall–Kier alpha value is -1.63. The summed E-state index contributed by atoms with van der Waals surface area (Å²) in [6.45, 7) is 1.66. The van der Waals surface area contributed by atoms with E-state index in [-0.39, 0.29) is 5.91 Å². The van der Waals surface area contributed by atoms with Crippen LogP contribution in [0.2, 0.25) is 0 Å². The van der Waals surface area contributed by atoms with Gasteiger partial charge < -0.3 is 15.3 Å². The number of rotatable bonds is 2. The van der Waals surface area contributed by atoms with Gasteiger partial charge in [0.05, 0.1) is 12.2 Å². The zero-order valence-electron chi connectivity index (χ0n) is 9.68. The fourth-order valence-electron chi connectivity index (χ4n) is 2.39. The summed E-state index contributed by atoms with van der Waals surface area (Å²) >= 11 is 1.52. The molecule has 18 heavy (non-hydrogen) atoms. The number of fused-ring (bicyclic) bond motifs is 1. The molecule has 1 saturated heterocycles. The molecule has 2 N–H and O–H groups in total. The number of thiazole rings is 1. The summed E-state index contributed by atoms with van der Waals surface area (Å²) in [6.07, 6.45) is 1.42. The van der Waals surface area contributed by atoms with Gasteiger partial charge in [-0.05, 0) is 12.8 Å². The second kappa shape index (κ2) is 4.24. The number of hydrogen-bond acceptors (Lipinski definition) is 5. The van der Waals surface area contributed by atoms with Crippen molar-refractivity contribution in [2.24, 2.45) is 0 Å². The lowest BCUT2D eigenvalue weighted by Gasteiger charge is -2.26. The molecule has 0 aromatic carbocycles. The molecule has 2 heterocycles. The second-order valence-corrected chi connectivity index (χ2v) is 5.57. The van der Waals surface area contributed by atoms with E-state index in [0.29, 0.717) is 25.2 Å². The van der Waals surface area contributed by atoms with E-state index < -0.39 is 11.9 Å². The van der Waals surface area contributed by atoms with Gasteiger partial charge in [-0.15, -0.1) is 11.3 Å². The molecular formula is C11H13N3O3S. The van der Waals surface area contributed by atoms with E-state index in [1.807, 2.05) is 4.90 Å². The molecule has 0 spiro atoms. The van der Waals surface area contributed by atoms with Crippen LogP contribution in [0.1, 0.15) is 22.9 Å². The number of aryl methyl sites for hydroxylation is 1. The first-order chi connectivity index (χ1) is 8.65. The maximum Gasteiger partial charge on any atom is 0.312 e. The molecule has 0 saturated carbocycles. The van der Waals surface area contributed by atoms with Crippen LogP contribution in [0, 0.1) is 0 Å². The van der Waals surface area contributed by atoms with Crippen molar-refractivity contribution in [3.05, 3.63) is 10.6 Å². The number of aromatic nitrogens is 1. The maximum atomic E-state index is 11.3. The lowest BCUT2D eigenvalue weighted by atomic mass is 10.1. The lowest BCUT2D eigenvalue weighted by molar-refractivity contribution is -0.138. The first kappa shape index (κ1) is 11.5. The first-order valence-electron chi connectivity index (χ1n) is 5.89. The summed E-state index contributed by atoms with van der Waals surface area (Å²) in [4.78, 5) is 29.8. The highest BCUT2D eigenvalue weighted by atomic mass is 32.1. The summed E-state index contributed by atoms with van der Waals surface area (Å²) in [5, 5.41) is 12.6. The van der Waals surface area contributed by atoms with E-state index in [1.165, 1.54) is 11.3 Å². The minimum atomic E-state index is -0.804. The van der Waals surface area contributed by atoms with Crippen molar-refractivity contribution in [3.63, 3.8) is 0 Å². The Labute approximate surface area is 108 Å². The van der Waals surface area contributed by atoms with Gasteiger partial charge in [0, 0.05) is 18.0 Å². The van der Waals surface area contributed by atoms with Crippen LogP contribution in [-0.4, -0.2) is 41.6 Å². The quantitative estimate of drug-likeness (QED) is 0.799. The van der Waals surface area contributed by atoms with Crippen molar-refractivity contribution in [3.8, 4) is 0 Å². The Kier molecular flexibility index (Phi) is 2.70. The van der Waals surface area contributed by atoms with Gasteiger partial charge in [0.1, 0.15) is 5.92 Å². The largest absolute Gasteiger partial charge is 0.481 e. The highest BCUT2D eigenvalue weighted by Gasteiger charge is 2.33. The molecule has 96 valence electrons. The Morgan fingerprint density at radius 2 is 2.39 bits per heavy atom. The molecule has 1 aromatic rings. The number of carboxylic acids is 1. The molecule has 7 heteroatoms. The molecule has 1 atom stereocenters. The summed E-state index contributed by atoms with van der Waals surface area (Å²) in [5.74, 6) is -1.28. The monoisotopic (exact) mass is 267 g/mol. The molecule has 2 aliphatic rings. The number of nitrogens with zero attached hydrogens (tertiary/aromatic N) is 2. The van der Waals surface area contributed by atoms with E-state index >= 15 is 0 Å². The number of piperazine rings is 1. The summed E-state index contributed by atoms with van der Waals surface area (Å²) in [6, 6.07) is 0. The fourth-order valence-corrected chi connectivity index (χ4v) is 3.55. The molecule has 1 amide bonds. The molecule has 1 aliphatic carbocycles. The van der Waals surface area contributed by atoms with Gasteiger partial charge in [-0.3, -0.25) is 9.59 Å². The van der Waals surface area contributed by atoms with E-state index in [9.17, 15) is 9.59 Å². The van der Waals surface area contributed by atoms with Gasteiger partial charge in [0.2, 0.25) is 5.91 Å².